The second-order valence-electron chi connectivity index (χ2n) is 3.25. The van der Waals surface area contributed by atoms with Crippen LogP contribution in [0.2, 0.25) is 5.02 Å². The van der Waals surface area contributed by atoms with E-state index in [-0.39, 0.29) is 11.9 Å². The molecule has 0 aliphatic rings. The van der Waals surface area contributed by atoms with E-state index in [4.69, 9.17) is 17.3 Å². The van der Waals surface area contributed by atoms with Crippen molar-refractivity contribution in [2.24, 2.45) is 5.73 Å². The van der Waals surface area contributed by atoms with Gasteiger partial charge in [-0.05, 0) is 24.6 Å². The van der Waals surface area contributed by atoms with Crippen LogP contribution >= 0.6 is 11.6 Å². The maximum absolute atomic E-state index is 12.7. The molecular formula is C10H14ClFN2. The Hall–Kier alpha value is -0.640. The predicted octanol–water partition coefficient (Wildman–Crippen LogP) is 1.92. The summed E-state index contributed by atoms with van der Waals surface area (Å²) in [5.41, 5.74) is 6.33. The number of benzene rings is 1. The summed E-state index contributed by atoms with van der Waals surface area (Å²) in [6, 6.07) is 4.62. The highest BCUT2D eigenvalue weighted by molar-refractivity contribution is 6.31. The summed E-state index contributed by atoms with van der Waals surface area (Å²) in [5, 5.41) is 3.62. The minimum absolute atomic E-state index is 0.233. The lowest BCUT2D eigenvalue weighted by Gasteiger charge is -2.11. The van der Waals surface area contributed by atoms with Crippen molar-refractivity contribution in [3.63, 3.8) is 0 Å². The third-order valence-electron chi connectivity index (χ3n) is 2.01. The molecule has 0 amide bonds. The first-order chi connectivity index (χ1) is 6.63. The Kier molecular flexibility index (Phi) is 4.32. The molecule has 1 aromatic carbocycles. The van der Waals surface area contributed by atoms with Gasteiger partial charge in [0.05, 0.1) is 0 Å². The number of hydrogen-bond donors (Lipinski definition) is 2. The van der Waals surface area contributed by atoms with Crippen LogP contribution in [0.5, 0.6) is 0 Å². The first-order valence-electron chi connectivity index (χ1n) is 4.51. The third kappa shape index (κ3) is 3.25. The standard InChI is InChI=1S/C10H14ClFN2/c1-7(5-13)14-6-8-2-3-9(12)4-10(8)11/h2-4,7,14H,5-6,13H2,1H3/t7-/m0/s1. The number of halogens is 2. The topological polar surface area (TPSA) is 38.0 Å². The molecule has 0 spiro atoms. The Labute approximate surface area is 88.2 Å². The Balaban J connectivity index is 2.59. The van der Waals surface area contributed by atoms with E-state index < -0.39 is 0 Å². The zero-order valence-corrected chi connectivity index (χ0v) is 8.81. The second kappa shape index (κ2) is 5.29. The molecule has 2 nitrogen and oxygen atoms in total. The van der Waals surface area contributed by atoms with Gasteiger partial charge in [0.1, 0.15) is 5.82 Å². The van der Waals surface area contributed by atoms with E-state index in [2.05, 4.69) is 5.32 Å². The van der Waals surface area contributed by atoms with Crippen molar-refractivity contribution in [3.8, 4) is 0 Å². The maximum atomic E-state index is 12.7. The van der Waals surface area contributed by atoms with Crippen molar-refractivity contribution in [1.82, 2.24) is 5.32 Å². The smallest absolute Gasteiger partial charge is 0.124 e. The SMILES string of the molecule is C[C@@H](CN)NCc1ccc(F)cc1Cl. The molecule has 0 bridgehead atoms. The second-order valence-corrected chi connectivity index (χ2v) is 3.66. The molecule has 1 aromatic rings. The van der Waals surface area contributed by atoms with Crippen LogP contribution in [0.4, 0.5) is 4.39 Å². The third-order valence-corrected chi connectivity index (χ3v) is 2.36. The number of nitrogens with two attached hydrogens (primary N) is 1. The van der Waals surface area contributed by atoms with Crippen molar-refractivity contribution >= 4 is 11.6 Å². The van der Waals surface area contributed by atoms with Crippen molar-refractivity contribution < 1.29 is 4.39 Å². The summed E-state index contributed by atoms with van der Waals surface area (Å²) < 4.78 is 12.7. The summed E-state index contributed by atoms with van der Waals surface area (Å²) in [6.07, 6.45) is 0. The molecule has 0 aliphatic carbocycles. The minimum Gasteiger partial charge on any atom is -0.329 e. The fourth-order valence-corrected chi connectivity index (χ4v) is 1.27. The quantitative estimate of drug-likeness (QED) is 0.807. The molecule has 0 aliphatic heterocycles. The number of hydrogen-bond acceptors (Lipinski definition) is 2. The first kappa shape index (κ1) is 11.4. The van der Waals surface area contributed by atoms with Gasteiger partial charge in [-0.3, -0.25) is 0 Å². The van der Waals surface area contributed by atoms with Gasteiger partial charge in [-0.25, -0.2) is 4.39 Å². The van der Waals surface area contributed by atoms with Crippen LogP contribution < -0.4 is 11.1 Å². The summed E-state index contributed by atoms with van der Waals surface area (Å²) >= 11 is 5.84. The number of nitrogens with one attached hydrogen (secondary N) is 1. The fourth-order valence-electron chi connectivity index (χ4n) is 1.03. The van der Waals surface area contributed by atoms with E-state index in [1.54, 1.807) is 6.07 Å². The van der Waals surface area contributed by atoms with Gasteiger partial charge in [-0.2, -0.15) is 0 Å². The molecule has 14 heavy (non-hydrogen) atoms. The lowest BCUT2D eigenvalue weighted by molar-refractivity contribution is 0.555. The maximum Gasteiger partial charge on any atom is 0.124 e. The van der Waals surface area contributed by atoms with Crippen LogP contribution in [0.15, 0.2) is 18.2 Å². The van der Waals surface area contributed by atoms with Gasteiger partial charge in [0.2, 0.25) is 0 Å². The average molecular weight is 217 g/mol. The molecule has 4 heteroatoms. The van der Waals surface area contributed by atoms with Crippen LogP contribution in [0, 0.1) is 5.82 Å². The van der Waals surface area contributed by atoms with E-state index in [1.165, 1.54) is 12.1 Å². The zero-order chi connectivity index (χ0) is 10.6. The summed E-state index contributed by atoms with van der Waals surface area (Å²) in [6.45, 7) is 3.16. The first-order valence-corrected chi connectivity index (χ1v) is 4.88. The van der Waals surface area contributed by atoms with Crippen LogP contribution in [-0.2, 0) is 6.54 Å². The molecule has 0 heterocycles. The predicted molar refractivity (Wildman–Crippen MR) is 56.8 cm³/mol. The normalized spacial score (nSPS) is 12.9. The van der Waals surface area contributed by atoms with Crippen molar-refractivity contribution in [3.05, 3.63) is 34.6 Å². The molecule has 0 aromatic heterocycles. The molecule has 78 valence electrons. The minimum atomic E-state index is -0.314. The van der Waals surface area contributed by atoms with Crippen LogP contribution in [0.3, 0.4) is 0 Å². The average Bonchev–Trinajstić information content (AvgIpc) is 2.16. The fraction of sp³-hybridized carbons (Fsp3) is 0.400. The summed E-state index contributed by atoms with van der Waals surface area (Å²) in [4.78, 5) is 0. The molecule has 1 rings (SSSR count). The zero-order valence-electron chi connectivity index (χ0n) is 8.06. The molecule has 1 atom stereocenters. The van der Waals surface area contributed by atoms with Crippen molar-refractivity contribution in [1.29, 1.82) is 0 Å². The van der Waals surface area contributed by atoms with Crippen LogP contribution in [-0.4, -0.2) is 12.6 Å². The molecule has 0 saturated carbocycles. The highest BCUT2D eigenvalue weighted by Gasteiger charge is 2.03. The monoisotopic (exact) mass is 216 g/mol. The van der Waals surface area contributed by atoms with Gasteiger partial charge < -0.3 is 11.1 Å². The van der Waals surface area contributed by atoms with Gasteiger partial charge in [-0.15, -0.1) is 0 Å². The van der Waals surface area contributed by atoms with Crippen LogP contribution in [0.1, 0.15) is 12.5 Å². The lowest BCUT2D eigenvalue weighted by Crippen LogP contribution is -2.32. The Bertz CT molecular complexity index is 304. The molecule has 0 fully saturated rings. The van der Waals surface area contributed by atoms with Gasteiger partial charge in [0.15, 0.2) is 0 Å². The Morgan fingerprint density at radius 3 is 2.86 bits per heavy atom. The Morgan fingerprint density at radius 2 is 2.29 bits per heavy atom. The molecular weight excluding hydrogens is 203 g/mol. The van der Waals surface area contributed by atoms with E-state index in [9.17, 15) is 4.39 Å². The van der Waals surface area contributed by atoms with E-state index in [0.717, 1.165) is 5.56 Å². The highest BCUT2D eigenvalue weighted by atomic mass is 35.5. The Morgan fingerprint density at radius 1 is 1.57 bits per heavy atom. The van der Waals surface area contributed by atoms with E-state index >= 15 is 0 Å². The van der Waals surface area contributed by atoms with E-state index in [0.29, 0.717) is 18.1 Å². The molecule has 0 radical (unpaired) electrons. The van der Waals surface area contributed by atoms with Crippen LogP contribution in [0.25, 0.3) is 0 Å². The van der Waals surface area contributed by atoms with Gasteiger partial charge in [0.25, 0.3) is 0 Å². The molecule has 0 saturated heterocycles. The summed E-state index contributed by atoms with van der Waals surface area (Å²) in [7, 11) is 0. The lowest BCUT2D eigenvalue weighted by atomic mass is 10.2. The largest absolute Gasteiger partial charge is 0.329 e. The number of rotatable bonds is 4. The molecule has 0 unspecified atom stereocenters. The molecule has 3 N–H and O–H groups in total. The van der Waals surface area contributed by atoms with Gasteiger partial charge in [-0.1, -0.05) is 17.7 Å². The van der Waals surface area contributed by atoms with Gasteiger partial charge in [0, 0.05) is 24.2 Å². The van der Waals surface area contributed by atoms with Crippen molar-refractivity contribution in [2.75, 3.05) is 6.54 Å². The van der Waals surface area contributed by atoms with E-state index in [1.807, 2.05) is 6.92 Å². The van der Waals surface area contributed by atoms with Gasteiger partial charge >= 0.3 is 0 Å². The van der Waals surface area contributed by atoms with Crippen molar-refractivity contribution in [2.45, 2.75) is 19.5 Å². The summed E-state index contributed by atoms with van der Waals surface area (Å²) in [5.74, 6) is -0.314. The highest BCUT2D eigenvalue weighted by Crippen LogP contribution is 2.16.